The number of nitrogens with one attached hydrogen (secondary N) is 1. The number of amides is 1. The minimum Gasteiger partial charge on any atom is -0.497 e. The van der Waals surface area contributed by atoms with Gasteiger partial charge in [0.25, 0.3) is 11.4 Å². The molecule has 0 unspecified atom stereocenters. The van der Waals surface area contributed by atoms with Crippen LogP contribution >= 0.6 is 0 Å². The monoisotopic (exact) mass is 897 g/mol. The Morgan fingerprint density at radius 1 is 0.758 bits per heavy atom. The molecule has 0 radical (unpaired) electrons. The summed E-state index contributed by atoms with van der Waals surface area (Å²) in [7, 11) is 1.59. The molecule has 8 rings (SSSR count). The molecular weight excluding hydrogens is 855 g/mol. The fraction of sp³-hybridized carbons (Fsp3) is 0.234. The Bertz CT molecular complexity index is 2740. The molecule has 0 bridgehead atoms. The molecule has 1 fully saturated rings. The quantitative estimate of drug-likeness (QED) is 0.0461. The fourth-order valence-electron chi connectivity index (χ4n) is 7.68. The number of methoxy groups -OCH3 is 1. The summed E-state index contributed by atoms with van der Waals surface area (Å²) in [6.45, 7) is -0.239. The lowest BCUT2D eigenvalue weighted by Crippen LogP contribution is -2.39. The van der Waals surface area contributed by atoms with E-state index in [1.54, 1.807) is 31.4 Å². The van der Waals surface area contributed by atoms with Crippen molar-refractivity contribution in [2.75, 3.05) is 32.2 Å². The van der Waals surface area contributed by atoms with Gasteiger partial charge in [0, 0.05) is 37.1 Å². The Hall–Kier alpha value is -7.84. The lowest BCUT2D eigenvalue weighted by Gasteiger charge is -2.37. The predicted molar refractivity (Wildman–Crippen MR) is 237 cm³/mol. The Morgan fingerprint density at radius 2 is 1.32 bits per heavy atom. The minimum absolute atomic E-state index is 0.0371. The number of nitro groups is 2. The highest BCUT2D eigenvalue weighted by Gasteiger charge is 2.47. The van der Waals surface area contributed by atoms with Crippen LogP contribution in [0.25, 0.3) is 11.2 Å². The Kier molecular flexibility index (Phi) is 13.5. The molecule has 338 valence electrons. The number of nitrogens with zero attached hydrogens (tertiary/aromatic N) is 6. The van der Waals surface area contributed by atoms with Crippen molar-refractivity contribution in [2.45, 2.75) is 43.0 Å². The van der Waals surface area contributed by atoms with E-state index in [4.69, 9.17) is 23.7 Å². The van der Waals surface area contributed by atoms with E-state index in [1.807, 2.05) is 84.9 Å². The molecule has 1 aliphatic rings. The summed E-state index contributed by atoms with van der Waals surface area (Å²) in [4.78, 5) is 47.6. The highest BCUT2D eigenvalue weighted by Crippen LogP contribution is 2.43. The third-order valence-corrected chi connectivity index (χ3v) is 11.1. The third kappa shape index (κ3) is 9.64. The van der Waals surface area contributed by atoms with Crippen molar-refractivity contribution in [2.24, 2.45) is 0 Å². The van der Waals surface area contributed by atoms with E-state index in [1.165, 1.54) is 35.2 Å². The molecule has 0 aliphatic carbocycles. The number of aromatic nitrogens is 4. The van der Waals surface area contributed by atoms with Crippen LogP contribution in [0.2, 0.25) is 0 Å². The summed E-state index contributed by atoms with van der Waals surface area (Å²) >= 11 is 0. The fourth-order valence-corrected chi connectivity index (χ4v) is 7.68. The summed E-state index contributed by atoms with van der Waals surface area (Å²) in [6.07, 6.45) is -4.29. The van der Waals surface area contributed by atoms with Crippen LogP contribution in [0.3, 0.4) is 0 Å². The van der Waals surface area contributed by atoms with E-state index in [0.29, 0.717) is 17.7 Å². The summed E-state index contributed by atoms with van der Waals surface area (Å²) in [5.74, 6) is 0.348. The highest BCUT2D eigenvalue weighted by molar-refractivity contribution is 5.85. The zero-order valence-electron chi connectivity index (χ0n) is 35.3. The van der Waals surface area contributed by atoms with E-state index < -0.39 is 46.1 Å². The van der Waals surface area contributed by atoms with Crippen LogP contribution in [-0.2, 0) is 32.7 Å². The average molecular weight is 898 g/mol. The smallest absolute Gasteiger partial charge is 0.414 e. The van der Waals surface area contributed by atoms with E-state index in [9.17, 15) is 35.2 Å². The van der Waals surface area contributed by atoms with Crippen LogP contribution < -0.4 is 14.8 Å². The second-order valence-corrected chi connectivity index (χ2v) is 15.1. The second kappa shape index (κ2) is 19.9. The summed E-state index contributed by atoms with van der Waals surface area (Å²) in [6, 6.07) is 38.6. The van der Waals surface area contributed by atoms with Crippen LogP contribution in [0.15, 0.2) is 140 Å². The number of benzene rings is 5. The van der Waals surface area contributed by atoms with Crippen LogP contribution in [0.5, 0.6) is 11.6 Å². The van der Waals surface area contributed by atoms with Gasteiger partial charge in [-0.1, -0.05) is 97.1 Å². The molecule has 66 heavy (non-hydrogen) atoms. The maximum atomic E-state index is 13.0. The van der Waals surface area contributed by atoms with Gasteiger partial charge in [-0.25, -0.2) is 9.78 Å². The van der Waals surface area contributed by atoms with E-state index in [0.717, 1.165) is 22.3 Å². The first kappa shape index (κ1) is 44.8. The number of non-ortho nitro benzene ring substituents is 2. The summed E-state index contributed by atoms with van der Waals surface area (Å²) < 4.78 is 31.6. The molecular formula is C47H43N7O12. The normalized spacial score (nSPS) is 17.0. The summed E-state index contributed by atoms with van der Waals surface area (Å²) in [5.41, 5.74) is 2.69. The van der Waals surface area contributed by atoms with Crippen molar-refractivity contribution >= 4 is 34.6 Å². The number of aliphatic hydroxyl groups excluding tert-OH is 2. The number of anilines is 1. The number of hydrogen-bond acceptors (Lipinski definition) is 15. The molecule has 7 aromatic rings. The van der Waals surface area contributed by atoms with Gasteiger partial charge in [-0.3, -0.25) is 30.1 Å². The zero-order chi connectivity index (χ0) is 46.2. The Morgan fingerprint density at radius 3 is 1.88 bits per heavy atom. The number of carbonyl (C=O) groups is 1. The van der Waals surface area contributed by atoms with Gasteiger partial charge in [-0.05, 0) is 39.9 Å². The van der Waals surface area contributed by atoms with E-state index in [-0.39, 0.29) is 60.6 Å². The topological polar surface area (TPSA) is 246 Å². The lowest BCUT2D eigenvalue weighted by molar-refractivity contribution is -0.385. The van der Waals surface area contributed by atoms with Crippen molar-refractivity contribution in [1.29, 1.82) is 0 Å². The molecule has 0 saturated carbocycles. The number of fused-ring (bicyclic) bond motifs is 1. The van der Waals surface area contributed by atoms with Gasteiger partial charge in [0.15, 0.2) is 17.4 Å². The molecule has 1 saturated heterocycles. The summed E-state index contributed by atoms with van der Waals surface area (Å²) in [5, 5.41) is 47.9. The molecule has 4 atom stereocenters. The molecule has 19 nitrogen and oxygen atoms in total. The van der Waals surface area contributed by atoms with Gasteiger partial charge in [-0.2, -0.15) is 9.97 Å². The van der Waals surface area contributed by atoms with Gasteiger partial charge >= 0.3 is 6.09 Å². The maximum Gasteiger partial charge on any atom is 0.414 e. The molecule has 3 heterocycles. The molecule has 19 heteroatoms. The molecule has 2 aromatic heterocycles. The lowest BCUT2D eigenvalue weighted by atomic mass is 9.80. The number of imidazole rings is 1. The average Bonchev–Trinajstić information content (AvgIpc) is 3.89. The van der Waals surface area contributed by atoms with Crippen LogP contribution in [0.4, 0.5) is 22.1 Å². The van der Waals surface area contributed by atoms with Gasteiger partial charge in [-0.15, -0.1) is 0 Å². The van der Waals surface area contributed by atoms with Gasteiger partial charge in [0.2, 0.25) is 11.8 Å². The van der Waals surface area contributed by atoms with Crippen molar-refractivity contribution in [3.05, 3.63) is 188 Å². The SMILES string of the molecule is COc1ccc(C(OC[C@H]2O[C@@H](n3cnc4c(OCCc5ccc([N+](=O)[O-])cc5)nc(NC(=O)OCCc5ccc([N+](=O)[O-])cc5)nc43)[C@H](O)[C@@H]2O)(c2ccccc2)c2ccccc2)cc1. The van der Waals surface area contributed by atoms with Gasteiger partial charge < -0.3 is 33.9 Å². The third-order valence-electron chi connectivity index (χ3n) is 11.1. The number of aliphatic hydroxyl groups is 2. The van der Waals surface area contributed by atoms with Crippen LogP contribution in [0, 0.1) is 20.2 Å². The minimum atomic E-state index is -1.51. The first-order valence-corrected chi connectivity index (χ1v) is 20.7. The molecule has 3 N–H and O–H groups in total. The van der Waals surface area contributed by atoms with Crippen molar-refractivity contribution in [3.63, 3.8) is 0 Å². The van der Waals surface area contributed by atoms with E-state index >= 15 is 0 Å². The predicted octanol–water partition coefficient (Wildman–Crippen LogP) is 6.69. The van der Waals surface area contributed by atoms with E-state index in [2.05, 4.69) is 20.3 Å². The number of rotatable bonds is 18. The Labute approximate surface area is 376 Å². The zero-order valence-corrected chi connectivity index (χ0v) is 35.3. The molecule has 5 aromatic carbocycles. The highest BCUT2D eigenvalue weighted by atomic mass is 16.6. The number of ether oxygens (including phenoxy) is 5. The Balaban J connectivity index is 1.05. The first-order valence-electron chi connectivity index (χ1n) is 20.7. The first-order chi connectivity index (χ1) is 32.0. The van der Waals surface area contributed by atoms with Crippen molar-refractivity contribution < 1.29 is 48.5 Å². The van der Waals surface area contributed by atoms with Gasteiger partial charge in [0.1, 0.15) is 29.7 Å². The van der Waals surface area contributed by atoms with Crippen LogP contribution in [-0.4, -0.2) is 90.9 Å². The number of nitro benzene ring substituents is 2. The molecule has 1 amide bonds. The van der Waals surface area contributed by atoms with Crippen molar-refractivity contribution in [1.82, 2.24) is 19.5 Å². The number of carbonyl (C=O) groups excluding carboxylic acids is 1. The maximum absolute atomic E-state index is 13.0. The standard InChI is InChI=1S/C47H43N7O12/c1-62-37-22-16-34(17-23-37)47(32-8-4-2-5-9-32,33-10-6-3-7-11-33)65-28-38-40(55)41(56)44(66-38)52-29-48-39-42(52)49-45(50-43(39)63-26-24-30-12-18-35(19-13-30)53(58)59)51-46(57)64-27-25-31-14-20-36(21-15-31)54(60)61/h2-23,29,38,40-41,44,55-56H,24-28H2,1H3,(H,49,50,51,57)/t38-,40-,41-,44-/m1/s1. The van der Waals surface area contributed by atoms with Crippen molar-refractivity contribution in [3.8, 4) is 11.6 Å². The van der Waals surface area contributed by atoms with Crippen LogP contribution in [0.1, 0.15) is 34.0 Å². The molecule has 1 aliphatic heterocycles. The molecule has 0 spiro atoms. The largest absolute Gasteiger partial charge is 0.497 e. The second-order valence-electron chi connectivity index (χ2n) is 15.1. The number of hydrogen-bond donors (Lipinski definition) is 3. The van der Waals surface area contributed by atoms with Gasteiger partial charge in [0.05, 0.1) is 43.1 Å².